The van der Waals surface area contributed by atoms with E-state index in [4.69, 9.17) is 14.2 Å². The zero-order valence-corrected chi connectivity index (χ0v) is 17.5. The van der Waals surface area contributed by atoms with Gasteiger partial charge in [0.05, 0.1) is 33.2 Å². The molecule has 156 valence electrons. The molecule has 0 spiro atoms. The number of hydrogen-bond donors (Lipinski definition) is 1. The van der Waals surface area contributed by atoms with Crippen LogP contribution in [0.5, 0.6) is 17.2 Å². The Balaban J connectivity index is 1.76. The minimum absolute atomic E-state index is 0.275. The van der Waals surface area contributed by atoms with Gasteiger partial charge in [-0.3, -0.25) is 4.79 Å². The molecule has 1 N–H and O–H groups in total. The Kier molecular flexibility index (Phi) is 6.80. The largest absolute Gasteiger partial charge is 0.493 e. The summed E-state index contributed by atoms with van der Waals surface area (Å²) in [5.41, 5.74) is 1.04. The van der Waals surface area contributed by atoms with Crippen molar-refractivity contribution in [2.45, 2.75) is 38.6 Å². The van der Waals surface area contributed by atoms with Gasteiger partial charge in [0.2, 0.25) is 5.75 Å². The lowest BCUT2D eigenvalue weighted by Crippen LogP contribution is -2.39. The third-order valence-corrected chi connectivity index (χ3v) is 5.33. The van der Waals surface area contributed by atoms with Crippen molar-refractivity contribution in [3.63, 3.8) is 0 Å². The Labute approximate surface area is 172 Å². The number of nitrogens with one attached hydrogen (secondary N) is 1. The van der Waals surface area contributed by atoms with Crippen molar-refractivity contribution in [3.05, 3.63) is 36.0 Å². The molecule has 0 radical (unpaired) electrons. The van der Waals surface area contributed by atoms with Crippen LogP contribution in [0.2, 0.25) is 0 Å². The molecule has 0 saturated carbocycles. The van der Waals surface area contributed by atoms with Gasteiger partial charge in [-0.05, 0) is 49.9 Å². The fourth-order valence-electron chi connectivity index (χ4n) is 3.77. The van der Waals surface area contributed by atoms with Gasteiger partial charge in [0, 0.05) is 18.2 Å². The summed E-state index contributed by atoms with van der Waals surface area (Å²) < 4.78 is 15.9. The fourth-order valence-corrected chi connectivity index (χ4v) is 3.77. The molecule has 1 unspecified atom stereocenters. The Hall–Kier alpha value is -2.96. The molecule has 1 amide bonds. The SMILES string of the molecule is CCC1CCCCN1c1ccc(NC(=O)c2cc(OC)c(OC)c(OC)c2)cn1. The number of carbonyl (C=O) groups excluding carboxylic acids is 1. The fraction of sp³-hybridized carbons (Fsp3) is 0.455. The van der Waals surface area contributed by atoms with Crippen molar-refractivity contribution in [3.8, 4) is 17.2 Å². The number of hydrogen-bond acceptors (Lipinski definition) is 6. The monoisotopic (exact) mass is 399 g/mol. The lowest BCUT2D eigenvalue weighted by Gasteiger charge is -2.36. The quantitative estimate of drug-likeness (QED) is 0.755. The molecule has 0 aliphatic carbocycles. The second-order valence-corrected chi connectivity index (χ2v) is 7.02. The van der Waals surface area contributed by atoms with E-state index in [2.05, 4.69) is 22.1 Å². The van der Waals surface area contributed by atoms with Gasteiger partial charge in [-0.25, -0.2) is 4.98 Å². The summed E-state index contributed by atoms with van der Waals surface area (Å²) >= 11 is 0. The van der Waals surface area contributed by atoms with Gasteiger partial charge in [0.1, 0.15) is 5.82 Å². The van der Waals surface area contributed by atoms with Crippen molar-refractivity contribution in [2.24, 2.45) is 0 Å². The number of piperidine rings is 1. The summed E-state index contributed by atoms with van der Waals surface area (Å²) in [6.45, 7) is 3.25. The number of amides is 1. The normalized spacial score (nSPS) is 16.3. The van der Waals surface area contributed by atoms with Crippen LogP contribution in [0, 0.1) is 0 Å². The van der Waals surface area contributed by atoms with E-state index in [1.807, 2.05) is 12.1 Å². The van der Waals surface area contributed by atoms with E-state index in [-0.39, 0.29) is 5.91 Å². The van der Waals surface area contributed by atoms with Crippen LogP contribution < -0.4 is 24.4 Å². The number of anilines is 2. The highest BCUT2D eigenvalue weighted by atomic mass is 16.5. The first-order valence-corrected chi connectivity index (χ1v) is 9.95. The van der Waals surface area contributed by atoms with E-state index >= 15 is 0 Å². The number of aromatic nitrogens is 1. The van der Waals surface area contributed by atoms with Crippen molar-refractivity contribution in [2.75, 3.05) is 38.1 Å². The average molecular weight is 399 g/mol. The summed E-state index contributed by atoms with van der Waals surface area (Å²) in [5, 5.41) is 2.88. The molecular weight excluding hydrogens is 370 g/mol. The van der Waals surface area contributed by atoms with Gasteiger partial charge in [0.15, 0.2) is 11.5 Å². The highest BCUT2D eigenvalue weighted by molar-refractivity contribution is 6.05. The third-order valence-electron chi connectivity index (χ3n) is 5.33. The molecule has 29 heavy (non-hydrogen) atoms. The number of pyridine rings is 1. The Bertz CT molecular complexity index is 813. The highest BCUT2D eigenvalue weighted by Gasteiger charge is 2.22. The molecule has 1 atom stereocenters. The Morgan fingerprint density at radius 3 is 2.41 bits per heavy atom. The zero-order valence-electron chi connectivity index (χ0n) is 17.5. The standard InChI is InChI=1S/C22H29N3O4/c1-5-17-8-6-7-11-25(17)20-10-9-16(14-23-20)24-22(26)15-12-18(27-2)21(29-4)19(13-15)28-3/h9-10,12-14,17H,5-8,11H2,1-4H3,(H,24,26). The minimum Gasteiger partial charge on any atom is -0.493 e. The summed E-state index contributed by atoms with van der Waals surface area (Å²) in [6, 6.07) is 7.64. The molecule has 2 aromatic rings. The van der Waals surface area contributed by atoms with Crippen LogP contribution in [-0.4, -0.2) is 44.8 Å². The maximum atomic E-state index is 12.7. The van der Waals surface area contributed by atoms with Crippen LogP contribution in [0.3, 0.4) is 0 Å². The Morgan fingerprint density at radius 1 is 1.14 bits per heavy atom. The van der Waals surface area contributed by atoms with Gasteiger partial charge in [0.25, 0.3) is 5.91 Å². The predicted octanol–water partition coefficient (Wildman–Crippen LogP) is 4.13. The minimum atomic E-state index is -0.275. The molecule has 1 aromatic carbocycles. The molecular formula is C22H29N3O4. The summed E-state index contributed by atoms with van der Waals surface area (Å²) in [6.07, 6.45) is 6.49. The third kappa shape index (κ3) is 4.55. The second-order valence-electron chi connectivity index (χ2n) is 7.02. The maximum absolute atomic E-state index is 12.7. The van der Waals surface area contributed by atoms with Crippen molar-refractivity contribution in [1.29, 1.82) is 0 Å². The van der Waals surface area contributed by atoms with Crippen molar-refractivity contribution < 1.29 is 19.0 Å². The van der Waals surface area contributed by atoms with Crippen LogP contribution in [0.15, 0.2) is 30.5 Å². The van der Waals surface area contributed by atoms with Crippen LogP contribution >= 0.6 is 0 Å². The lowest BCUT2D eigenvalue weighted by atomic mass is 10.00. The zero-order chi connectivity index (χ0) is 20.8. The van der Waals surface area contributed by atoms with E-state index in [1.54, 1.807) is 18.3 Å². The van der Waals surface area contributed by atoms with Crippen LogP contribution in [0.25, 0.3) is 0 Å². The second kappa shape index (κ2) is 9.49. The van der Waals surface area contributed by atoms with Gasteiger partial charge in [-0.2, -0.15) is 0 Å². The smallest absolute Gasteiger partial charge is 0.255 e. The molecule has 2 heterocycles. The van der Waals surface area contributed by atoms with Crippen molar-refractivity contribution in [1.82, 2.24) is 4.98 Å². The highest BCUT2D eigenvalue weighted by Crippen LogP contribution is 2.38. The first kappa shape index (κ1) is 20.8. The van der Waals surface area contributed by atoms with Crippen molar-refractivity contribution >= 4 is 17.4 Å². The molecule has 1 aromatic heterocycles. The van der Waals surface area contributed by atoms with E-state index < -0.39 is 0 Å². The number of ether oxygens (including phenoxy) is 3. The van der Waals surface area contributed by atoms with Gasteiger partial charge >= 0.3 is 0 Å². The molecule has 1 saturated heterocycles. The molecule has 7 nitrogen and oxygen atoms in total. The Morgan fingerprint density at radius 2 is 1.86 bits per heavy atom. The molecule has 0 bridgehead atoms. The van der Waals surface area contributed by atoms with E-state index in [0.717, 1.165) is 18.8 Å². The van der Waals surface area contributed by atoms with Crippen LogP contribution in [0.4, 0.5) is 11.5 Å². The van der Waals surface area contributed by atoms with E-state index in [9.17, 15) is 4.79 Å². The van der Waals surface area contributed by atoms with E-state index in [1.165, 1.54) is 40.6 Å². The number of rotatable bonds is 7. The lowest BCUT2D eigenvalue weighted by molar-refractivity contribution is 0.102. The summed E-state index contributed by atoms with van der Waals surface area (Å²) in [4.78, 5) is 19.7. The molecule has 3 rings (SSSR count). The molecule has 7 heteroatoms. The average Bonchev–Trinajstić information content (AvgIpc) is 2.78. The van der Waals surface area contributed by atoms with Gasteiger partial charge < -0.3 is 24.4 Å². The maximum Gasteiger partial charge on any atom is 0.255 e. The van der Waals surface area contributed by atoms with Gasteiger partial charge in [-0.1, -0.05) is 6.92 Å². The summed E-state index contributed by atoms with van der Waals surface area (Å²) in [7, 11) is 4.57. The number of methoxy groups -OCH3 is 3. The first-order chi connectivity index (χ1) is 14.1. The van der Waals surface area contributed by atoms with Crippen LogP contribution in [0.1, 0.15) is 43.0 Å². The molecule has 1 aliphatic rings. The topological polar surface area (TPSA) is 72.9 Å². The first-order valence-electron chi connectivity index (χ1n) is 9.95. The van der Waals surface area contributed by atoms with E-state index in [0.29, 0.717) is 34.5 Å². The number of nitrogens with zero attached hydrogens (tertiary/aromatic N) is 2. The number of carbonyl (C=O) groups is 1. The number of benzene rings is 1. The van der Waals surface area contributed by atoms with Crippen LogP contribution in [-0.2, 0) is 0 Å². The summed E-state index contributed by atoms with van der Waals surface area (Å²) in [5.74, 6) is 2.00. The molecule has 1 fully saturated rings. The van der Waals surface area contributed by atoms with Gasteiger partial charge in [-0.15, -0.1) is 0 Å². The predicted molar refractivity (Wildman–Crippen MR) is 114 cm³/mol. The molecule has 1 aliphatic heterocycles.